The summed E-state index contributed by atoms with van der Waals surface area (Å²) in [6.07, 6.45) is 2.71. The predicted octanol–water partition coefficient (Wildman–Crippen LogP) is 3.27. The third-order valence-corrected chi connectivity index (χ3v) is 2.75. The molecule has 4 heteroatoms. The Bertz CT molecular complexity index is 401. The van der Waals surface area contributed by atoms with Gasteiger partial charge >= 0.3 is 6.03 Å². The maximum absolute atomic E-state index is 11.7. The number of hydrogen-bond donors (Lipinski definition) is 2. The predicted molar refractivity (Wildman–Crippen MR) is 79.3 cm³/mol. The molecule has 0 aliphatic carbocycles. The Kier molecular flexibility index (Phi) is 6.68. The van der Waals surface area contributed by atoms with Crippen molar-refractivity contribution < 1.29 is 9.53 Å². The maximum atomic E-state index is 11.7. The first-order valence-corrected chi connectivity index (χ1v) is 6.58. The van der Waals surface area contributed by atoms with E-state index in [1.165, 1.54) is 0 Å². The smallest absolute Gasteiger partial charge is 0.319 e. The maximum Gasteiger partial charge on any atom is 0.319 e. The summed E-state index contributed by atoms with van der Waals surface area (Å²) in [5, 5.41) is 5.58. The van der Waals surface area contributed by atoms with Crippen LogP contribution in [0.25, 0.3) is 6.08 Å². The number of anilines is 1. The third-order valence-electron chi connectivity index (χ3n) is 2.75. The van der Waals surface area contributed by atoms with Crippen LogP contribution in [0.4, 0.5) is 10.5 Å². The van der Waals surface area contributed by atoms with Crippen molar-refractivity contribution >= 4 is 17.8 Å². The molecule has 1 rings (SSSR count). The minimum Gasteiger partial charge on any atom is -0.377 e. The van der Waals surface area contributed by atoms with Crippen molar-refractivity contribution in [2.45, 2.75) is 26.4 Å². The molecule has 0 heterocycles. The van der Waals surface area contributed by atoms with Crippen LogP contribution in [-0.2, 0) is 4.74 Å². The second kappa shape index (κ2) is 8.32. The van der Waals surface area contributed by atoms with Gasteiger partial charge in [0.25, 0.3) is 0 Å². The Morgan fingerprint density at radius 2 is 2.05 bits per heavy atom. The molecule has 0 radical (unpaired) electrons. The van der Waals surface area contributed by atoms with Crippen LogP contribution >= 0.6 is 0 Å². The van der Waals surface area contributed by atoms with Crippen molar-refractivity contribution in [3.63, 3.8) is 0 Å². The fourth-order valence-electron chi connectivity index (χ4n) is 1.64. The number of ether oxygens (including phenoxy) is 1. The first-order chi connectivity index (χ1) is 9.19. The standard InChI is InChI=1S/C15H22N2O2/c1-4-12-7-9-13(10-8-12)17-15(18)16-11-14(5-2)19-6-3/h4,7-10,14H,1,5-6,11H2,2-3H3,(H2,16,17,18). The first-order valence-electron chi connectivity index (χ1n) is 6.58. The highest BCUT2D eigenvalue weighted by Gasteiger charge is 2.07. The van der Waals surface area contributed by atoms with Crippen molar-refractivity contribution in [2.24, 2.45) is 0 Å². The summed E-state index contributed by atoms with van der Waals surface area (Å²) in [5.74, 6) is 0. The van der Waals surface area contributed by atoms with Crippen molar-refractivity contribution in [2.75, 3.05) is 18.5 Å². The van der Waals surface area contributed by atoms with Gasteiger partial charge < -0.3 is 15.4 Å². The molecule has 0 aromatic heterocycles. The zero-order valence-electron chi connectivity index (χ0n) is 11.6. The average molecular weight is 262 g/mol. The zero-order chi connectivity index (χ0) is 14.1. The SMILES string of the molecule is C=Cc1ccc(NC(=O)NCC(CC)OCC)cc1. The van der Waals surface area contributed by atoms with Gasteiger partial charge in [-0.25, -0.2) is 4.79 Å². The Morgan fingerprint density at radius 3 is 2.58 bits per heavy atom. The molecule has 0 fully saturated rings. The molecule has 2 N–H and O–H groups in total. The highest BCUT2D eigenvalue weighted by molar-refractivity contribution is 5.89. The van der Waals surface area contributed by atoms with E-state index in [4.69, 9.17) is 4.74 Å². The summed E-state index contributed by atoms with van der Waals surface area (Å²) in [7, 11) is 0. The molecule has 1 aromatic carbocycles. The number of nitrogens with one attached hydrogen (secondary N) is 2. The van der Waals surface area contributed by atoms with E-state index < -0.39 is 0 Å². The van der Waals surface area contributed by atoms with Gasteiger partial charge in [0.2, 0.25) is 0 Å². The highest BCUT2D eigenvalue weighted by atomic mass is 16.5. The zero-order valence-corrected chi connectivity index (χ0v) is 11.6. The number of amides is 2. The first kappa shape index (κ1) is 15.2. The number of benzene rings is 1. The van der Waals surface area contributed by atoms with Gasteiger partial charge in [-0.3, -0.25) is 0 Å². The largest absolute Gasteiger partial charge is 0.377 e. The Labute approximate surface area is 114 Å². The lowest BCUT2D eigenvalue weighted by Crippen LogP contribution is -2.36. The molecule has 0 saturated heterocycles. The summed E-state index contributed by atoms with van der Waals surface area (Å²) >= 11 is 0. The summed E-state index contributed by atoms with van der Waals surface area (Å²) in [6, 6.07) is 7.27. The molecule has 0 aliphatic rings. The molecule has 2 amide bonds. The van der Waals surface area contributed by atoms with Crippen molar-refractivity contribution in [3.8, 4) is 0 Å². The second-order valence-electron chi connectivity index (χ2n) is 4.15. The molecular formula is C15H22N2O2. The van der Waals surface area contributed by atoms with E-state index >= 15 is 0 Å². The molecule has 4 nitrogen and oxygen atoms in total. The van der Waals surface area contributed by atoms with E-state index in [0.717, 1.165) is 17.7 Å². The van der Waals surface area contributed by atoms with Gasteiger partial charge in [0.05, 0.1) is 6.10 Å². The molecule has 1 aromatic rings. The number of rotatable bonds is 7. The van der Waals surface area contributed by atoms with Crippen LogP contribution in [0.2, 0.25) is 0 Å². The molecule has 1 unspecified atom stereocenters. The van der Waals surface area contributed by atoms with Gasteiger partial charge in [-0.15, -0.1) is 0 Å². The van der Waals surface area contributed by atoms with Crippen molar-refractivity contribution in [3.05, 3.63) is 36.4 Å². The lowest BCUT2D eigenvalue weighted by atomic mass is 10.2. The quantitative estimate of drug-likeness (QED) is 0.792. The fourth-order valence-corrected chi connectivity index (χ4v) is 1.64. The van der Waals surface area contributed by atoms with E-state index in [-0.39, 0.29) is 12.1 Å². The average Bonchev–Trinajstić information content (AvgIpc) is 2.44. The summed E-state index contributed by atoms with van der Waals surface area (Å²) in [5.41, 5.74) is 1.78. The van der Waals surface area contributed by atoms with Crippen LogP contribution in [0.1, 0.15) is 25.8 Å². The molecule has 0 bridgehead atoms. The Hall–Kier alpha value is -1.81. The molecular weight excluding hydrogens is 240 g/mol. The molecule has 104 valence electrons. The van der Waals surface area contributed by atoms with Gasteiger partial charge in [-0.05, 0) is 31.0 Å². The van der Waals surface area contributed by atoms with Crippen LogP contribution in [0, 0.1) is 0 Å². The number of urea groups is 1. The number of carbonyl (C=O) groups is 1. The van der Waals surface area contributed by atoms with Gasteiger partial charge in [0.15, 0.2) is 0 Å². The molecule has 0 aliphatic heterocycles. The van der Waals surface area contributed by atoms with E-state index in [0.29, 0.717) is 13.2 Å². The lowest BCUT2D eigenvalue weighted by Gasteiger charge is -2.16. The molecule has 1 atom stereocenters. The number of hydrogen-bond acceptors (Lipinski definition) is 2. The molecule has 19 heavy (non-hydrogen) atoms. The van der Waals surface area contributed by atoms with Gasteiger partial charge in [-0.2, -0.15) is 0 Å². The minimum atomic E-state index is -0.218. The molecule has 0 spiro atoms. The third kappa shape index (κ3) is 5.57. The lowest BCUT2D eigenvalue weighted by molar-refractivity contribution is 0.0622. The van der Waals surface area contributed by atoms with Gasteiger partial charge in [-0.1, -0.05) is 31.7 Å². The Morgan fingerprint density at radius 1 is 1.37 bits per heavy atom. The van der Waals surface area contributed by atoms with Crippen molar-refractivity contribution in [1.82, 2.24) is 5.32 Å². The van der Waals surface area contributed by atoms with E-state index in [1.807, 2.05) is 38.1 Å². The molecule has 0 saturated carbocycles. The van der Waals surface area contributed by atoms with Crippen LogP contribution in [0.3, 0.4) is 0 Å². The second-order valence-corrected chi connectivity index (χ2v) is 4.15. The summed E-state index contributed by atoms with van der Waals surface area (Å²) in [4.78, 5) is 11.7. The van der Waals surface area contributed by atoms with E-state index in [9.17, 15) is 4.79 Å². The minimum absolute atomic E-state index is 0.0684. The van der Waals surface area contributed by atoms with Crippen LogP contribution in [0.5, 0.6) is 0 Å². The van der Waals surface area contributed by atoms with Gasteiger partial charge in [0.1, 0.15) is 0 Å². The summed E-state index contributed by atoms with van der Waals surface area (Å²) < 4.78 is 5.47. The van der Waals surface area contributed by atoms with E-state index in [2.05, 4.69) is 17.2 Å². The van der Waals surface area contributed by atoms with Crippen LogP contribution in [-0.4, -0.2) is 25.3 Å². The Balaban J connectivity index is 2.39. The summed E-state index contributed by atoms with van der Waals surface area (Å²) in [6.45, 7) is 8.84. The van der Waals surface area contributed by atoms with Gasteiger partial charge in [0, 0.05) is 18.8 Å². The van der Waals surface area contributed by atoms with Crippen LogP contribution < -0.4 is 10.6 Å². The van der Waals surface area contributed by atoms with E-state index in [1.54, 1.807) is 6.08 Å². The highest BCUT2D eigenvalue weighted by Crippen LogP contribution is 2.09. The topological polar surface area (TPSA) is 50.4 Å². The van der Waals surface area contributed by atoms with Crippen LogP contribution in [0.15, 0.2) is 30.8 Å². The number of carbonyl (C=O) groups excluding carboxylic acids is 1. The normalized spacial score (nSPS) is 11.7. The fraction of sp³-hybridized carbons (Fsp3) is 0.400. The monoisotopic (exact) mass is 262 g/mol. The van der Waals surface area contributed by atoms with Crippen molar-refractivity contribution in [1.29, 1.82) is 0 Å².